The summed E-state index contributed by atoms with van der Waals surface area (Å²) in [6, 6.07) is 11.9. The van der Waals surface area contributed by atoms with Crippen LogP contribution < -0.4 is 14.8 Å². The Morgan fingerprint density at radius 1 is 1.19 bits per heavy atom. The third-order valence-corrected chi connectivity index (χ3v) is 5.60. The highest BCUT2D eigenvalue weighted by molar-refractivity contribution is 7.99. The summed E-state index contributed by atoms with van der Waals surface area (Å²) in [5.74, 6) is 1.66. The highest BCUT2D eigenvalue weighted by Crippen LogP contribution is 2.36. The molecule has 1 aromatic heterocycles. The summed E-state index contributed by atoms with van der Waals surface area (Å²) >= 11 is 2.89. The minimum absolute atomic E-state index is 0.101. The predicted molar refractivity (Wildman–Crippen MR) is 104 cm³/mol. The van der Waals surface area contributed by atoms with Gasteiger partial charge in [0.1, 0.15) is 5.82 Å². The van der Waals surface area contributed by atoms with E-state index in [9.17, 15) is 9.18 Å². The predicted octanol–water partition coefficient (Wildman–Crippen LogP) is 4.80. The van der Waals surface area contributed by atoms with Crippen LogP contribution >= 0.6 is 23.1 Å². The Hall–Kier alpha value is -2.58. The van der Waals surface area contributed by atoms with Gasteiger partial charge >= 0.3 is 0 Å². The van der Waals surface area contributed by atoms with Gasteiger partial charge in [0, 0.05) is 28.0 Å². The summed E-state index contributed by atoms with van der Waals surface area (Å²) < 4.78 is 23.6. The quantitative estimate of drug-likeness (QED) is 0.600. The lowest BCUT2D eigenvalue weighted by molar-refractivity contribution is -0.115. The maximum absolute atomic E-state index is 12.9. The van der Waals surface area contributed by atoms with Crippen molar-refractivity contribution in [2.75, 3.05) is 17.9 Å². The molecule has 0 aliphatic carbocycles. The molecule has 2 aromatic carbocycles. The molecule has 8 heteroatoms. The fourth-order valence-electron chi connectivity index (χ4n) is 2.49. The van der Waals surface area contributed by atoms with Gasteiger partial charge in [-0.15, -0.1) is 23.1 Å². The van der Waals surface area contributed by atoms with Crippen LogP contribution in [0.3, 0.4) is 0 Å². The van der Waals surface area contributed by atoms with Crippen LogP contribution in [-0.2, 0) is 4.79 Å². The van der Waals surface area contributed by atoms with Crippen molar-refractivity contribution in [2.45, 2.75) is 11.3 Å². The number of thioether (sulfide) groups is 1. The van der Waals surface area contributed by atoms with E-state index in [1.807, 2.05) is 23.6 Å². The van der Waals surface area contributed by atoms with Crippen LogP contribution in [-0.4, -0.2) is 23.4 Å². The van der Waals surface area contributed by atoms with E-state index in [4.69, 9.17) is 9.47 Å². The number of benzene rings is 2. The molecular formula is C19H15FN2O3S2. The number of nitrogens with one attached hydrogen (secondary N) is 1. The number of halogens is 1. The number of anilines is 1. The Morgan fingerprint density at radius 2 is 2.00 bits per heavy atom. The topological polar surface area (TPSA) is 60.5 Å². The first-order chi connectivity index (χ1) is 13.2. The third kappa shape index (κ3) is 4.40. The van der Waals surface area contributed by atoms with E-state index >= 15 is 0 Å². The molecule has 1 amide bonds. The minimum Gasteiger partial charge on any atom is -0.454 e. The van der Waals surface area contributed by atoms with E-state index in [0.29, 0.717) is 23.1 Å². The Balaban J connectivity index is 1.31. The molecule has 2 heterocycles. The molecule has 0 unspecified atom stereocenters. The number of hydrogen-bond acceptors (Lipinski definition) is 6. The average molecular weight is 402 g/mol. The lowest BCUT2D eigenvalue weighted by Gasteiger charge is -2.03. The number of thiazole rings is 1. The number of carbonyl (C=O) groups excluding carboxylic acids is 1. The van der Waals surface area contributed by atoms with Crippen molar-refractivity contribution in [2.24, 2.45) is 0 Å². The van der Waals surface area contributed by atoms with Crippen molar-refractivity contribution in [1.29, 1.82) is 0 Å². The van der Waals surface area contributed by atoms with Gasteiger partial charge in [-0.05, 0) is 42.5 Å². The Morgan fingerprint density at radius 3 is 2.85 bits per heavy atom. The molecule has 0 fully saturated rings. The van der Waals surface area contributed by atoms with Crippen molar-refractivity contribution >= 4 is 34.1 Å². The second kappa shape index (κ2) is 7.98. The van der Waals surface area contributed by atoms with E-state index in [1.54, 1.807) is 12.1 Å². The third-order valence-electron chi connectivity index (χ3n) is 3.83. The lowest BCUT2D eigenvalue weighted by atomic mass is 10.1. The number of ether oxygens (including phenoxy) is 2. The van der Waals surface area contributed by atoms with Crippen molar-refractivity contribution in [1.82, 2.24) is 4.98 Å². The highest BCUT2D eigenvalue weighted by Gasteiger charge is 2.15. The summed E-state index contributed by atoms with van der Waals surface area (Å²) in [6.07, 6.45) is 0.348. The summed E-state index contributed by atoms with van der Waals surface area (Å²) in [7, 11) is 0. The van der Waals surface area contributed by atoms with Gasteiger partial charge in [0.25, 0.3) is 0 Å². The Kier molecular flexibility index (Phi) is 5.26. The highest BCUT2D eigenvalue weighted by atomic mass is 32.2. The number of fused-ring (bicyclic) bond motifs is 1. The maximum atomic E-state index is 12.9. The van der Waals surface area contributed by atoms with Crippen LogP contribution in [0.1, 0.15) is 6.42 Å². The van der Waals surface area contributed by atoms with Crippen LogP contribution in [0, 0.1) is 5.82 Å². The first-order valence-corrected chi connectivity index (χ1v) is 10.1. The molecule has 0 radical (unpaired) electrons. The second-order valence-corrected chi connectivity index (χ2v) is 7.73. The SMILES string of the molecule is O=C(CCSc1ccc(F)cc1)Nc1nc(-c2ccc3c(c2)OCO3)cs1. The van der Waals surface area contributed by atoms with Crippen LogP contribution in [0.5, 0.6) is 11.5 Å². The molecule has 27 heavy (non-hydrogen) atoms. The molecule has 0 bridgehead atoms. The van der Waals surface area contributed by atoms with Gasteiger partial charge in [-0.3, -0.25) is 4.79 Å². The fourth-order valence-corrected chi connectivity index (χ4v) is 4.08. The van der Waals surface area contributed by atoms with E-state index in [-0.39, 0.29) is 18.5 Å². The zero-order valence-corrected chi connectivity index (χ0v) is 15.7. The molecule has 0 atom stereocenters. The van der Waals surface area contributed by atoms with Crippen molar-refractivity contribution < 1.29 is 18.7 Å². The van der Waals surface area contributed by atoms with E-state index in [2.05, 4.69) is 10.3 Å². The minimum atomic E-state index is -0.265. The number of aromatic nitrogens is 1. The fraction of sp³-hybridized carbons (Fsp3) is 0.158. The molecule has 1 N–H and O–H groups in total. The number of nitrogens with zero attached hydrogens (tertiary/aromatic N) is 1. The van der Waals surface area contributed by atoms with E-state index in [1.165, 1.54) is 35.2 Å². The Labute approximate surface area is 163 Å². The first kappa shape index (κ1) is 17.8. The Bertz CT molecular complexity index is 960. The van der Waals surface area contributed by atoms with Gasteiger partial charge in [-0.25, -0.2) is 9.37 Å². The summed E-state index contributed by atoms with van der Waals surface area (Å²) in [4.78, 5) is 17.5. The van der Waals surface area contributed by atoms with Gasteiger partial charge in [0.2, 0.25) is 12.7 Å². The molecule has 4 rings (SSSR count). The van der Waals surface area contributed by atoms with Crippen LogP contribution in [0.4, 0.5) is 9.52 Å². The van der Waals surface area contributed by atoms with Crippen LogP contribution in [0.25, 0.3) is 11.3 Å². The van der Waals surface area contributed by atoms with Crippen molar-refractivity contribution in [3.63, 3.8) is 0 Å². The normalized spacial score (nSPS) is 12.2. The molecule has 138 valence electrons. The number of carbonyl (C=O) groups is 1. The first-order valence-electron chi connectivity index (χ1n) is 8.21. The number of amides is 1. The molecule has 1 aliphatic heterocycles. The van der Waals surface area contributed by atoms with Crippen LogP contribution in [0.15, 0.2) is 52.7 Å². The molecular weight excluding hydrogens is 387 g/mol. The van der Waals surface area contributed by atoms with Gasteiger partial charge in [-0.2, -0.15) is 0 Å². The molecule has 0 spiro atoms. The average Bonchev–Trinajstić information content (AvgIpc) is 3.32. The number of hydrogen-bond donors (Lipinski definition) is 1. The smallest absolute Gasteiger partial charge is 0.231 e. The summed E-state index contributed by atoms with van der Waals surface area (Å²) in [5.41, 5.74) is 1.68. The second-order valence-electron chi connectivity index (χ2n) is 5.71. The van der Waals surface area contributed by atoms with Gasteiger partial charge in [0.15, 0.2) is 16.6 Å². The molecule has 0 saturated carbocycles. The van der Waals surface area contributed by atoms with Gasteiger partial charge < -0.3 is 14.8 Å². The largest absolute Gasteiger partial charge is 0.454 e. The molecule has 0 saturated heterocycles. The maximum Gasteiger partial charge on any atom is 0.231 e. The van der Waals surface area contributed by atoms with Gasteiger partial charge in [-0.1, -0.05) is 0 Å². The van der Waals surface area contributed by atoms with Crippen LogP contribution in [0.2, 0.25) is 0 Å². The number of rotatable bonds is 6. The molecule has 1 aliphatic rings. The molecule has 3 aromatic rings. The van der Waals surface area contributed by atoms with Crippen molar-refractivity contribution in [3.8, 4) is 22.8 Å². The molecule has 5 nitrogen and oxygen atoms in total. The monoisotopic (exact) mass is 402 g/mol. The summed E-state index contributed by atoms with van der Waals surface area (Å²) in [5, 5.41) is 5.26. The summed E-state index contributed by atoms with van der Waals surface area (Å²) in [6.45, 7) is 0.229. The lowest BCUT2D eigenvalue weighted by Crippen LogP contribution is -2.11. The zero-order chi connectivity index (χ0) is 18.6. The van der Waals surface area contributed by atoms with Gasteiger partial charge in [0.05, 0.1) is 5.69 Å². The van der Waals surface area contributed by atoms with Crippen molar-refractivity contribution in [3.05, 3.63) is 53.7 Å². The van der Waals surface area contributed by atoms with E-state index < -0.39 is 0 Å². The van der Waals surface area contributed by atoms with E-state index in [0.717, 1.165) is 21.9 Å². The standard InChI is InChI=1S/C19H15FN2O3S2/c20-13-2-4-14(5-3-13)26-8-7-18(23)22-19-21-15(10-27-19)12-1-6-16-17(9-12)25-11-24-16/h1-6,9-10H,7-8,11H2,(H,21,22,23). The zero-order valence-electron chi connectivity index (χ0n) is 14.1.